The second-order valence-corrected chi connectivity index (χ2v) is 9.17. The number of anilines is 2. The van der Waals surface area contributed by atoms with Crippen LogP contribution in [0.4, 0.5) is 11.4 Å². The molecule has 0 aliphatic carbocycles. The van der Waals surface area contributed by atoms with Crippen molar-refractivity contribution in [3.05, 3.63) is 128 Å². The highest BCUT2D eigenvalue weighted by Gasteiger charge is 2.15. The Hall–Kier alpha value is -4.17. The first-order chi connectivity index (χ1) is 18.4. The first kappa shape index (κ1) is 26.9. The van der Waals surface area contributed by atoms with Crippen LogP contribution in [-0.2, 0) is 0 Å². The van der Waals surface area contributed by atoms with Gasteiger partial charge in [-0.25, -0.2) is 10.9 Å². The summed E-state index contributed by atoms with van der Waals surface area (Å²) in [5.74, 6) is -0.914. The standard InChI is InChI=1S/C28H20Cl3N5O2/c29-20-9-5-18(6-10-20)16-32-35-27(37)23-3-1-2-4-25(23)34-26-15-22(31)13-14-24(26)28(38)36-33-17-19-7-11-21(30)12-8-19/h1-17,34H,(H,35,37)(H,36,38)/b32-16+,33-17+. The maximum atomic E-state index is 12.9. The van der Waals surface area contributed by atoms with Gasteiger partial charge in [-0.05, 0) is 65.7 Å². The van der Waals surface area contributed by atoms with Gasteiger partial charge in [-0.15, -0.1) is 0 Å². The number of hydrogen-bond acceptors (Lipinski definition) is 5. The van der Waals surface area contributed by atoms with Crippen LogP contribution in [0.5, 0.6) is 0 Å². The molecule has 0 heterocycles. The lowest BCUT2D eigenvalue weighted by Crippen LogP contribution is -2.20. The van der Waals surface area contributed by atoms with Crippen LogP contribution in [0.15, 0.2) is 101 Å². The van der Waals surface area contributed by atoms with Crippen LogP contribution in [0.25, 0.3) is 0 Å². The van der Waals surface area contributed by atoms with E-state index in [1.165, 1.54) is 12.4 Å². The molecule has 3 N–H and O–H groups in total. The molecule has 0 radical (unpaired) electrons. The van der Waals surface area contributed by atoms with E-state index in [9.17, 15) is 9.59 Å². The zero-order valence-electron chi connectivity index (χ0n) is 19.7. The number of hydrogen-bond donors (Lipinski definition) is 3. The van der Waals surface area contributed by atoms with Crippen molar-refractivity contribution >= 4 is 70.4 Å². The Morgan fingerprint density at radius 3 is 1.61 bits per heavy atom. The Morgan fingerprint density at radius 2 is 1.05 bits per heavy atom. The van der Waals surface area contributed by atoms with E-state index >= 15 is 0 Å². The molecule has 0 spiro atoms. The third-order valence-corrected chi connectivity index (χ3v) is 5.91. The maximum Gasteiger partial charge on any atom is 0.273 e. The van der Waals surface area contributed by atoms with Crippen molar-refractivity contribution in [2.45, 2.75) is 0 Å². The first-order valence-electron chi connectivity index (χ1n) is 11.2. The van der Waals surface area contributed by atoms with Gasteiger partial charge in [0.2, 0.25) is 0 Å². The largest absolute Gasteiger partial charge is 0.354 e. The first-order valence-corrected chi connectivity index (χ1v) is 12.4. The molecule has 0 bridgehead atoms. The van der Waals surface area contributed by atoms with Crippen LogP contribution < -0.4 is 16.2 Å². The molecule has 0 aliphatic rings. The van der Waals surface area contributed by atoms with Crippen LogP contribution >= 0.6 is 34.8 Å². The summed E-state index contributed by atoms with van der Waals surface area (Å²) < 4.78 is 0. The summed E-state index contributed by atoms with van der Waals surface area (Å²) in [5.41, 5.74) is 7.98. The van der Waals surface area contributed by atoms with Gasteiger partial charge in [-0.2, -0.15) is 10.2 Å². The fourth-order valence-electron chi connectivity index (χ4n) is 3.30. The van der Waals surface area contributed by atoms with E-state index in [0.29, 0.717) is 32.0 Å². The van der Waals surface area contributed by atoms with E-state index in [-0.39, 0.29) is 5.56 Å². The molecule has 7 nitrogen and oxygen atoms in total. The number of carbonyl (C=O) groups is 2. The molecule has 4 rings (SSSR count). The fraction of sp³-hybridized carbons (Fsp3) is 0. The maximum absolute atomic E-state index is 12.9. The molecule has 0 aliphatic heterocycles. The number of nitrogens with one attached hydrogen (secondary N) is 3. The number of halogens is 3. The number of para-hydroxylation sites is 1. The lowest BCUT2D eigenvalue weighted by Gasteiger charge is -2.14. The van der Waals surface area contributed by atoms with Crippen molar-refractivity contribution in [3.63, 3.8) is 0 Å². The SMILES string of the molecule is O=C(N/N=C/c1ccc(Cl)cc1)c1ccccc1Nc1cc(Cl)ccc1C(=O)N/N=C/c1ccc(Cl)cc1. The topological polar surface area (TPSA) is 95.0 Å². The number of hydrazone groups is 2. The Kier molecular flexibility index (Phi) is 9.11. The minimum Gasteiger partial charge on any atom is -0.354 e. The lowest BCUT2D eigenvalue weighted by atomic mass is 10.1. The molecule has 0 aromatic heterocycles. The molecule has 0 saturated heterocycles. The number of rotatable bonds is 8. The summed E-state index contributed by atoms with van der Waals surface area (Å²) in [6.07, 6.45) is 3.01. The monoisotopic (exact) mass is 563 g/mol. The van der Waals surface area contributed by atoms with Gasteiger partial charge in [0, 0.05) is 15.1 Å². The molecule has 2 amide bonds. The van der Waals surface area contributed by atoms with E-state index in [1.54, 1.807) is 91.0 Å². The highest BCUT2D eigenvalue weighted by molar-refractivity contribution is 6.31. The zero-order valence-corrected chi connectivity index (χ0v) is 21.9. The van der Waals surface area contributed by atoms with Crippen LogP contribution in [0, 0.1) is 0 Å². The summed E-state index contributed by atoms with van der Waals surface area (Å²) in [6, 6.07) is 25.6. The molecule has 0 unspecified atom stereocenters. The average molecular weight is 565 g/mol. The van der Waals surface area contributed by atoms with Crippen molar-refractivity contribution in [2.24, 2.45) is 10.2 Å². The summed E-state index contributed by atoms with van der Waals surface area (Å²) in [7, 11) is 0. The Balaban J connectivity index is 1.49. The molecule has 4 aromatic carbocycles. The summed E-state index contributed by atoms with van der Waals surface area (Å²) in [6.45, 7) is 0. The van der Waals surface area contributed by atoms with Gasteiger partial charge < -0.3 is 5.32 Å². The molecule has 0 atom stereocenters. The minimum atomic E-state index is -0.469. The zero-order chi connectivity index (χ0) is 26.9. The number of nitrogens with zero attached hydrogens (tertiary/aromatic N) is 2. The predicted octanol–water partition coefficient (Wildman–Crippen LogP) is 6.92. The molecule has 10 heteroatoms. The second kappa shape index (κ2) is 12.9. The number of carbonyl (C=O) groups excluding carboxylic acids is 2. The molecular weight excluding hydrogens is 545 g/mol. The van der Waals surface area contributed by atoms with Gasteiger partial charge in [0.05, 0.1) is 34.9 Å². The van der Waals surface area contributed by atoms with Crippen LogP contribution in [0.2, 0.25) is 15.1 Å². The smallest absolute Gasteiger partial charge is 0.273 e. The Labute approximate surface area is 234 Å². The van der Waals surface area contributed by atoms with Crippen molar-refractivity contribution in [1.82, 2.24) is 10.9 Å². The second-order valence-electron chi connectivity index (χ2n) is 7.86. The van der Waals surface area contributed by atoms with Gasteiger partial charge in [-0.1, -0.05) is 71.2 Å². The fourth-order valence-corrected chi connectivity index (χ4v) is 3.73. The van der Waals surface area contributed by atoms with Crippen LogP contribution in [0.3, 0.4) is 0 Å². The van der Waals surface area contributed by atoms with E-state index < -0.39 is 11.8 Å². The quantitative estimate of drug-likeness (QED) is 0.160. The Morgan fingerprint density at radius 1 is 0.579 bits per heavy atom. The highest BCUT2D eigenvalue weighted by Crippen LogP contribution is 2.27. The van der Waals surface area contributed by atoms with Crippen molar-refractivity contribution in [3.8, 4) is 0 Å². The van der Waals surface area contributed by atoms with E-state index in [2.05, 4.69) is 26.4 Å². The van der Waals surface area contributed by atoms with Crippen LogP contribution in [0.1, 0.15) is 31.8 Å². The van der Waals surface area contributed by atoms with Gasteiger partial charge in [-0.3, -0.25) is 9.59 Å². The molecule has 4 aromatic rings. The highest BCUT2D eigenvalue weighted by atomic mass is 35.5. The molecule has 0 saturated carbocycles. The molecular formula is C28H20Cl3N5O2. The van der Waals surface area contributed by atoms with Crippen LogP contribution in [-0.4, -0.2) is 24.2 Å². The predicted molar refractivity (Wildman–Crippen MR) is 154 cm³/mol. The van der Waals surface area contributed by atoms with Crippen molar-refractivity contribution in [2.75, 3.05) is 5.32 Å². The summed E-state index contributed by atoms with van der Waals surface area (Å²) >= 11 is 18.0. The lowest BCUT2D eigenvalue weighted by molar-refractivity contribution is 0.0948. The molecule has 190 valence electrons. The average Bonchev–Trinajstić information content (AvgIpc) is 2.91. The Bertz CT molecular complexity index is 1500. The third-order valence-electron chi connectivity index (χ3n) is 5.17. The summed E-state index contributed by atoms with van der Waals surface area (Å²) in [4.78, 5) is 25.8. The van der Waals surface area contributed by atoms with Crippen molar-refractivity contribution in [1.29, 1.82) is 0 Å². The van der Waals surface area contributed by atoms with Crippen molar-refractivity contribution < 1.29 is 9.59 Å². The van der Waals surface area contributed by atoms with Gasteiger partial charge in [0.1, 0.15) is 0 Å². The van der Waals surface area contributed by atoms with E-state index in [1.807, 2.05) is 0 Å². The normalized spacial score (nSPS) is 11.0. The van der Waals surface area contributed by atoms with Gasteiger partial charge >= 0.3 is 0 Å². The number of amides is 2. The summed E-state index contributed by atoms with van der Waals surface area (Å²) in [5, 5.41) is 12.8. The van der Waals surface area contributed by atoms with Gasteiger partial charge in [0.15, 0.2) is 0 Å². The molecule has 0 fully saturated rings. The third kappa shape index (κ3) is 7.43. The minimum absolute atomic E-state index is 0.277. The van der Waals surface area contributed by atoms with E-state index in [0.717, 1.165) is 11.1 Å². The van der Waals surface area contributed by atoms with E-state index in [4.69, 9.17) is 34.8 Å². The van der Waals surface area contributed by atoms with Gasteiger partial charge in [0.25, 0.3) is 11.8 Å². The molecule has 38 heavy (non-hydrogen) atoms. The number of benzene rings is 4.